The molecule has 0 aromatic carbocycles. The predicted molar refractivity (Wildman–Crippen MR) is 39.2 cm³/mol. The van der Waals surface area contributed by atoms with Crippen LogP contribution in [0.3, 0.4) is 0 Å². The van der Waals surface area contributed by atoms with Gasteiger partial charge in [0.15, 0.2) is 0 Å². The molecule has 0 aromatic rings. The van der Waals surface area contributed by atoms with Crippen LogP contribution in [0, 0.1) is 0 Å². The number of allylic oxidation sites excluding steroid dienone is 1. The van der Waals surface area contributed by atoms with E-state index in [1.807, 2.05) is 0 Å². The van der Waals surface area contributed by atoms with E-state index in [4.69, 9.17) is 0 Å². The molecule has 1 nitrogen and oxygen atoms in total. The maximum atomic E-state index is 12.8. The lowest BCUT2D eigenvalue weighted by Crippen LogP contribution is -2.39. The molecule has 1 rings (SSSR count). The third kappa shape index (κ3) is 2.59. The van der Waals surface area contributed by atoms with Gasteiger partial charge in [-0.1, -0.05) is 0 Å². The molecule has 0 radical (unpaired) electrons. The highest BCUT2D eigenvalue weighted by molar-refractivity contribution is 5.16. The van der Waals surface area contributed by atoms with Crippen molar-refractivity contribution < 1.29 is 35.5 Å². The molecule has 0 fully saturated rings. The Hall–Kier alpha value is -0.950. The molecule has 1 aliphatic rings. The second-order valence-electron chi connectivity index (χ2n) is 3.37. The van der Waals surface area contributed by atoms with Crippen LogP contribution in [-0.4, -0.2) is 24.6 Å². The molecule has 1 aliphatic heterocycles. The van der Waals surface area contributed by atoms with Gasteiger partial charge in [0.05, 0.1) is 12.9 Å². The Bertz CT molecular complexity index is 291. The van der Waals surface area contributed by atoms with Gasteiger partial charge in [0.1, 0.15) is 0 Å². The van der Waals surface area contributed by atoms with Gasteiger partial charge in [-0.15, -0.1) is 0 Å². The summed E-state index contributed by atoms with van der Waals surface area (Å²) in [7, 11) is 0. The van der Waals surface area contributed by atoms with E-state index in [0.29, 0.717) is 0 Å². The molecule has 1 heterocycles. The van der Waals surface area contributed by atoms with Crippen LogP contribution in [0.25, 0.3) is 0 Å². The molecule has 0 aliphatic carbocycles. The first-order chi connectivity index (χ1) is 7.06. The minimum absolute atomic E-state index is 0.0778. The van der Waals surface area contributed by atoms with Crippen molar-refractivity contribution in [2.75, 3.05) is 6.61 Å². The van der Waals surface area contributed by atoms with Gasteiger partial charge in [0.2, 0.25) is 0 Å². The van der Waals surface area contributed by atoms with E-state index in [0.717, 1.165) is 0 Å². The Labute approximate surface area is 85.9 Å². The fraction of sp³-hybridized carbons (Fsp3) is 0.750. The van der Waals surface area contributed by atoms with E-state index < -0.39 is 43.0 Å². The lowest BCUT2D eigenvalue weighted by molar-refractivity contribution is -0.267. The highest BCUT2D eigenvalue weighted by Gasteiger charge is 2.61. The van der Waals surface area contributed by atoms with Crippen molar-refractivity contribution in [3.8, 4) is 0 Å². The van der Waals surface area contributed by atoms with Crippen LogP contribution in [0.1, 0.15) is 12.8 Å². The first-order valence-electron chi connectivity index (χ1n) is 4.20. The summed E-state index contributed by atoms with van der Waals surface area (Å²) in [6, 6.07) is 0. The number of halogens is 7. The molecule has 0 atom stereocenters. The highest BCUT2D eigenvalue weighted by Crippen LogP contribution is 2.45. The summed E-state index contributed by atoms with van der Waals surface area (Å²) in [4.78, 5) is 0. The fourth-order valence-electron chi connectivity index (χ4n) is 1.14. The second kappa shape index (κ2) is 3.81. The molecule has 0 N–H and O–H groups in total. The van der Waals surface area contributed by atoms with Crippen LogP contribution >= 0.6 is 0 Å². The van der Waals surface area contributed by atoms with Crippen LogP contribution < -0.4 is 0 Å². The van der Waals surface area contributed by atoms with Crippen LogP contribution in [0.15, 0.2) is 11.8 Å². The Morgan fingerprint density at radius 2 is 1.69 bits per heavy atom. The number of rotatable bonds is 1. The average molecular weight is 252 g/mol. The second-order valence-corrected chi connectivity index (χ2v) is 3.37. The molecule has 8 heteroatoms. The van der Waals surface area contributed by atoms with Crippen molar-refractivity contribution in [2.24, 2.45) is 0 Å². The van der Waals surface area contributed by atoms with Crippen molar-refractivity contribution in [1.82, 2.24) is 0 Å². The normalized spacial score (nSPS) is 22.1. The third-order valence-corrected chi connectivity index (χ3v) is 2.02. The van der Waals surface area contributed by atoms with Crippen molar-refractivity contribution in [3.63, 3.8) is 0 Å². The van der Waals surface area contributed by atoms with Crippen LogP contribution in [-0.2, 0) is 4.74 Å². The largest absolute Gasteiger partial charge is 0.501 e. The number of hydrogen-bond donors (Lipinski definition) is 0. The number of alkyl halides is 7. The molecular weight excluding hydrogens is 245 g/mol. The summed E-state index contributed by atoms with van der Waals surface area (Å²) in [6.45, 7) is -0.593. The molecule has 0 unspecified atom stereocenters. The van der Waals surface area contributed by atoms with E-state index in [1.54, 1.807) is 0 Å². The monoisotopic (exact) mass is 252 g/mol. The van der Waals surface area contributed by atoms with Gasteiger partial charge in [-0.2, -0.15) is 22.0 Å². The molecular formula is C8H7F7O. The maximum absolute atomic E-state index is 12.8. The zero-order valence-electron chi connectivity index (χ0n) is 7.75. The van der Waals surface area contributed by atoms with Crippen molar-refractivity contribution in [2.45, 2.75) is 30.9 Å². The lowest BCUT2D eigenvalue weighted by atomic mass is 10.0. The third-order valence-electron chi connectivity index (χ3n) is 2.02. The van der Waals surface area contributed by atoms with Gasteiger partial charge < -0.3 is 4.74 Å². The van der Waals surface area contributed by atoms with E-state index in [-0.39, 0.29) is 6.26 Å². The van der Waals surface area contributed by atoms with Gasteiger partial charge >= 0.3 is 12.1 Å². The standard InChI is InChI=1S/C8H7F7O/c9-6(10)1-2-16-4-5(3-6)7(11,12)8(13,14)15/h4H,1-3H2. The van der Waals surface area contributed by atoms with E-state index in [1.165, 1.54) is 0 Å². The zero-order valence-corrected chi connectivity index (χ0v) is 7.75. The Morgan fingerprint density at radius 3 is 2.19 bits per heavy atom. The minimum Gasteiger partial charge on any atom is -0.501 e. The Morgan fingerprint density at radius 1 is 1.12 bits per heavy atom. The van der Waals surface area contributed by atoms with E-state index in [2.05, 4.69) is 4.74 Å². The smallest absolute Gasteiger partial charge is 0.457 e. The number of hydrogen-bond acceptors (Lipinski definition) is 1. The fourth-order valence-corrected chi connectivity index (χ4v) is 1.14. The quantitative estimate of drug-likeness (QED) is 0.649. The molecule has 0 saturated heterocycles. The Kier molecular flexibility index (Phi) is 3.13. The topological polar surface area (TPSA) is 9.23 Å². The first kappa shape index (κ1) is 13.1. The first-order valence-corrected chi connectivity index (χ1v) is 4.20. The summed E-state index contributed by atoms with van der Waals surface area (Å²) in [5.74, 6) is -8.90. The van der Waals surface area contributed by atoms with E-state index >= 15 is 0 Å². The van der Waals surface area contributed by atoms with Crippen molar-refractivity contribution >= 4 is 0 Å². The molecule has 0 bridgehead atoms. The molecule has 0 spiro atoms. The minimum atomic E-state index is -5.90. The highest BCUT2D eigenvalue weighted by atomic mass is 19.4. The van der Waals surface area contributed by atoms with Gasteiger partial charge in [-0.25, -0.2) is 8.78 Å². The number of ether oxygens (including phenoxy) is 1. The zero-order chi connectivity index (χ0) is 12.6. The van der Waals surface area contributed by atoms with Gasteiger partial charge in [-0.05, 0) is 0 Å². The molecule has 94 valence electrons. The van der Waals surface area contributed by atoms with Gasteiger partial charge in [-0.3, -0.25) is 0 Å². The summed E-state index contributed by atoms with van der Waals surface area (Å²) < 4.78 is 91.0. The van der Waals surface area contributed by atoms with Gasteiger partial charge in [0, 0.05) is 18.4 Å². The molecule has 0 amide bonds. The predicted octanol–water partition coefficient (Wildman–Crippen LogP) is 3.51. The summed E-state index contributed by atoms with van der Waals surface area (Å²) in [5, 5.41) is 0. The SMILES string of the molecule is FC1(F)CCOC=C(C(F)(F)C(F)(F)F)C1. The lowest BCUT2D eigenvalue weighted by Gasteiger charge is -2.23. The van der Waals surface area contributed by atoms with Crippen LogP contribution in [0.5, 0.6) is 0 Å². The van der Waals surface area contributed by atoms with E-state index in [9.17, 15) is 30.7 Å². The van der Waals surface area contributed by atoms with Crippen LogP contribution in [0.2, 0.25) is 0 Å². The molecule has 0 saturated carbocycles. The van der Waals surface area contributed by atoms with Crippen molar-refractivity contribution in [3.05, 3.63) is 11.8 Å². The van der Waals surface area contributed by atoms with Gasteiger partial charge in [0.25, 0.3) is 5.92 Å². The average Bonchev–Trinajstić information content (AvgIpc) is 2.24. The van der Waals surface area contributed by atoms with Crippen molar-refractivity contribution in [1.29, 1.82) is 0 Å². The maximum Gasteiger partial charge on any atom is 0.457 e. The Balaban J connectivity index is 2.99. The molecule has 16 heavy (non-hydrogen) atoms. The molecule has 0 aromatic heterocycles. The van der Waals surface area contributed by atoms with Crippen LogP contribution in [0.4, 0.5) is 30.7 Å². The summed E-state index contributed by atoms with van der Waals surface area (Å²) in [5.41, 5.74) is -1.75. The summed E-state index contributed by atoms with van der Waals surface area (Å²) >= 11 is 0. The summed E-state index contributed by atoms with van der Waals surface area (Å²) in [6.07, 6.45) is -8.36.